The highest BCUT2D eigenvalue weighted by Crippen LogP contribution is 2.40. The number of hydrogen-bond acceptors (Lipinski definition) is 2. The third-order valence-electron chi connectivity index (χ3n) is 2.57. The maximum Gasteiger partial charge on any atom is 0.416 e. The maximum atomic E-state index is 13.2. The lowest BCUT2D eigenvalue weighted by Gasteiger charge is -2.21. The van der Waals surface area contributed by atoms with Gasteiger partial charge in [0.2, 0.25) is 0 Å². The van der Waals surface area contributed by atoms with E-state index in [4.69, 9.17) is 5.73 Å². The molecule has 0 saturated heterocycles. The lowest BCUT2D eigenvalue weighted by molar-refractivity contribution is -0.138. The molecule has 1 atom stereocenters. The number of rotatable bonds is 3. The number of halogens is 5. The van der Waals surface area contributed by atoms with Gasteiger partial charge < -0.3 is 10.8 Å². The maximum absolute atomic E-state index is 13.2. The third-order valence-corrected chi connectivity index (χ3v) is 2.57. The zero-order valence-electron chi connectivity index (χ0n) is 10.5. The number of benzene rings is 1. The van der Waals surface area contributed by atoms with Gasteiger partial charge in [-0.1, -0.05) is 13.8 Å². The molecule has 0 fully saturated rings. The molecule has 7 heteroatoms. The van der Waals surface area contributed by atoms with Gasteiger partial charge in [-0.3, -0.25) is 0 Å². The van der Waals surface area contributed by atoms with Crippen LogP contribution in [0.1, 0.15) is 37.4 Å². The average molecular weight is 302 g/mol. The Morgan fingerprint density at radius 2 is 1.79 bits per heavy atom. The Morgan fingerprint density at radius 1 is 1.26 bits per heavy atom. The standard InChI is InChI=1S/C12H15F4NO.ClH/c1-6(2)5-9(17)10-7(12(14,15)16)3-4-8(13)11(10)18;/h3-4,6,9,18H,5,17H2,1-2H3;1H/t9-;/m1./s1. The monoisotopic (exact) mass is 301 g/mol. The molecule has 0 aromatic heterocycles. The van der Waals surface area contributed by atoms with Crippen LogP contribution in [0.4, 0.5) is 17.6 Å². The molecule has 0 unspecified atom stereocenters. The second-order valence-electron chi connectivity index (χ2n) is 4.59. The molecule has 1 aromatic carbocycles. The average Bonchev–Trinajstić information content (AvgIpc) is 2.18. The number of aromatic hydroxyl groups is 1. The van der Waals surface area contributed by atoms with Crippen molar-refractivity contribution in [3.63, 3.8) is 0 Å². The highest BCUT2D eigenvalue weighted by Gasteiger charge is 2.37. The lowest BCUT2D eigenvalue weighted by atomic mass is 9.93. The van der Waals surface area contributed by atoms with Crippen LogP contribution in [0.3, 0.4) is 0 Å². The van der Waals surface area contributed by atoms with Crippen LogP contribution in [-0.2, 0) is 6.18 Å². The molecule has 19 heavy (non-hydrogen) atoms. The Morgan fingerprint density at radius 3 is 2.21 bits per heavy atom. The van der Waals surface area contributed by atoms with Gasteiger partial charge in [0.05, 0.1) is 5.56 Å². The van der Waals surface area contributed by atoms with Gasteiger partial charge >= 0.3 is 6.18 Å². The Bertz CT molecular complexity index is 434. The highest BCUT2D eigenvalue weighted by molar-refractivity contribution is 5.85. The molecule has 3 N–H and O–H groups in total. The summed E-state index contributed by atoms with van der Waals surface area (Å²) in [4.78, 5) is 0. The van der Waals surface area contributed by atoms with Crippen LogP contribution in [0.25, 0.3) is 0 Å². The van der Waals surface area contributed by atoms with E-state index in [1.54, 1.807) is 13.8 Å². The fourth-order valence-corrected chi connectivity index (χ4v) is 1.83. The largest absolute Gasteiger partial charge is 0.505 e. The minimum Gasteiger partial charge on any atom is -0.505 e. The first-order valence-corrected chi connectivity index (χ1v) is 5.48. The minimum atomic E-state index is -4.67. The Labute approximate surface area is 115 Å². The van der Waals surface area contributed by atoms with Crippen LogP contribution in [-0.4, -0.2) is 5.11 Å². The van der Waals surface area contributed by atoms with Gasteiger partial charge in [-0.25, -0.2) is 4.39 Å². The van der Waals surface area contributed by atoms with Crippen LogP contribution < -0.4 is 5.73 Å². The summed E-state index contributed by atoms with van der Waals surface area (Å²) in [6.07, 6.45) is -4.45. The third kappa shape index (κ3) is 4.24. The Balaban J connectivity index is 0.00000324. The second kappa shape index (κ2) is 6.43. The fourth-order valence-electron chi connectivity index (χ4n) is 1.83. The van der Waals surface area contributed by atoms with Crippen molar-refractivity contribution < 1.29 is 22.7 Å². The zero-order valence-corrected chi connectivity index (χ0v) is 11.3. The van der Waals surface area contributed by atoms with E-state index in [0.29, 0.717) is 12.1 Å². The van der Waals surface area contributed by atoms with E-state index >= 15 is 0 Å². The molecule has 1 rings (SSSR count). The zero-order chi connectivity index (χ0) is 14.1. The Kier molecular flexibility index (Phi) is 6.09. The molecule has 0 saturated carbocycles. The summed E-state index contributed by atoms with van der Waals surface area (Å²) >= 11 is 0. The van der Waals surface area contributed by atoms with Gasteiger partial charge in [-0.2, -0.15) is 13.2 Å². The van der Waals surface area contributed by atoms with Gasteiger partial charge in [-0.05, 0) is 24.5 Å². The molecule has 0 aliphatic carbocycles. The van der Waals surface area contributed by atoms with E-state index < -0.39 is 34.9 Å². The van der Waals surface area contributed by atoms with E-state index in [0.717, 1.165) is 0 Å². The number of phenolic OH excluding ortho intramolecular Hbond substituents is 1. The van der Waals surface area contributed by atoms with Gasteiger partial charge in [0.1, 0.15) is 0 Å². The number of phenols is 1. The molecular weight excluding hydrogens is 286 g/mol. The molecule has 0 amide bonds. The van der Waals surface area contributed by atoms with E-state index in [2.05, 4.69) is 0 Å². The highest BCUT2D eigenvalue weighted by atomic mass is 35.5. The molecule has 1 aromatic rings. The fraction of sp³-hybridized carbons (Fsp3) is 0.500. The molecular formula is C12H16ClF4NO. The van der Waals surface area contributed by atoms with Crippen LogP contribution in [0, 0.1) is 11.7 Å². The topological polar surface area (TPSA) is 46.2 Å². The van der Waals surface area contributed by atoms with E-state index in [9.17, 15) is 22.7 Å². The van der Waals surface area contributed by atoms with Crippen molar-refractivity contribution in [3.8, 4) is 5.75 Å². The quantitative estimate of drug-likeness (QED) is 0.828. The van der Waals surface area contributed by atoms with Crippen LogP contribution in [0.15, 0.2) is 12.1 Å². The van der Waals surface area contributed by atoms with Crippen molar-refractivity contribution >= 4 is 12.4 Å². The van der Waals surface area contributed by atoms with Crippen molar-refractivity contribution in [2.45, 2.75) is 32.5 Å². The first-order valence-electron chi connectivity index (χ1n) is 5.48. The van der Waals surface area contributed by atoms with E-state index in [1.165, 1.54) is 0 Å². The summed E-state index contributed by atoms with van der Waals surface area (Å²) in [5.41, 5.74) is 3.98. The van der Waals surface area contributed by atoms with Gasteiger partial charge in [0.15, 0.2) is 11.6 Å². The summed E-state index contributed by atoms with van der Waals surface area (Å²) in [5.74, 6) is -2.08. The molecule has 0 bridgehead atoms. The first kappa shape index (κ1) is 18.0. The van der Waals surface area contributed by atoms with Crippen molar-refractivity contribution in [1.82, 2.24) is 0 Å². The van der Waals surface area contributed by atoms with Gasteiger partial charge in [0.25, 0.3) is 0 Å². The van der Waals surface area contributed by atoms with Crippen molar-refractivity contribution in [2.24, 2.45) is 11.7 Å². The molecule has 110 valence electrons. The molecule has 0 aliphatic heterocycles. The molecule has 0 radical (unpaired) electrons. The van der Waals surface area contributed by atoms with Crippen LogP contribution in [0.2, 0.25) is 0 Å². The summed E-state index contributed by atoms with van der Waals surface area (Å²) in [7, 11) is 0. The first-order chi connectivity index (χ1) is 8.14. The number of alkyl halides is 3. The Hall–Kier alpha value is -1.01. The van der Waals surface area contributed by atoms with Crippen LogP contribution >= 0.6 is 12.4 Å². The van der Waals surface area contributed by atoms with Crippen LogP contribution in [0.5, 0.6) is 5.75 Å². The molecule has 0 spiro atoms. The summed E-state index contributed by atoms with van der Waals surface area (Å²) in [5, 5.41) is 9.47. The summed E-state index contributed by atoms with van der Waals surface area (Å²) < 4.78 is 51.5. The summed E-state index contributed by atoms with van der Waals surface area (Å²) in [6.45, 7) is 3.56. The number of nitrogens with two attached hydrogens (primary N) is 1. The second-order valence-corrected chi connectivity index (χ2v) is 4.59. The van der Waals surface area contributed by atoms with E-state index in [1.807, 2.05) is 0 Å². The van der Waals surface area contributed by atoms with Crippen molar-refractivity contribution in [2.75, 3.05) is 0 Å². The molecule has 2 nitrogen and oxygen atoms in total. The smallest absolute Gasteiger partial charge is 0.416 e. The van der Waals surface area contributed by atoms with E-state index in [-0.39, 0.29) is 24.7 Å². The molecule has 0 aliphatic rings. The van der Waals surface area contributed by atoms with Gasteiger partial charge in [-0.15, -0.1) is 12.4 Å². The summed E-state index contributed by atoms with van der Waals surface area (Å²) in [6, 6.07) is 0.131. The number of hydrogen-bond donors (Lipinski definition) is 2. The van der Waals surface area contributed by atoms with Gasteiger partial charge in [0, 0.05) is 11.6 Å². The van der Waals surface area contributed by atoms with Crippen molar-refractivity contribution in [3.05, 3.63) is 29.1 Å². The SMILES string of the molecule is CC(C)C[C@@H](N)c1c(C(F)(F)F)ccc(F)c1O.Cl. The molecule has 0 heterocycles. The predicted molar refractivity (Wildman–Crippen MR) is 66.7 cm³/mol. The predicted octanol–water partition coefficient (Wildman–Crippen LogP) is 4.02. The lowest BCUT2D eigenvalue weighted by Crippen LogP contribution is -2.19. The minimum absolute atomic E-state index is 0. The normalized spacial score (nSPS) is 13.3. The van der Waals surface area contributed by atoms with Crippen molar-refractivity contribution in [1.29, 1.82) is 0 Å².